The third-order valence-corrected chi connectivity index (χ3v) is 2.24. The fourth-order valence-electron chi connectivity index (χ4n) is 1.16. The molecule has 1 aromatic rings. The maximum atomic E-state index is 12.4. The smallest absolute Gasteiger partial charge is 0.440 e. The first-order chi connectivity index (χ1) is 8.81. The average Bonchev–Trinajstić information content (AvgIpc) is 2.31. The van der Waals surface area contributed by atoms with Crippen LogP contribution in [-0.4, -0.2) is 24.8 Å². The van der Waals surface area contributed by atoms with Crippen molar-refractivity contribution in [3.05, 3.63) is 22.8 Å². The van der Waals surface area contributed by atoms with E-state index < -0.39 is 17.8 Å². The van der Waals surface area contributed by atoms with Gasteiger partial charge in [0.25, 0.3) is 0 Å². The molecular weight excluding hydrogens is 289 g/mol. The first-order valence-electron chi connectivity index (χ1n) is 5.05. The molecule has 1 amide bonds. The Morgan fingerprint density at radius 3 is 2.58 bits per heavy atom. The van der Waals surface area contributed by atoms with Crippen molar-refractivity contribution < 1.29 is 27.5 Å². The van der Waals surface area contributed by atoms with E-state index in [0.29, 0.717) is 17.3 Å². The summed E-state index contributed by atoms with van der Waals surface area (Å²) in [4.78, 5) is 19.6. The molecule has 0 N–H and O–H groups in total. The molecule has 0 aliphatic rings. The second-order valence-corrected chi connectivity index (χ2v) is 3.61. The summed E-state index contributed by atoms with van der Waals surface area (Å²) >= 11 is 5.66. The summed E-state index contributed by atoms with van der Waals surface area (Å²) in [7, 11) is 1.13. The van der Waals surface area contributed by atoms with E-state index in [2.05, 4.69) is 14.6 Å². The molecule has 0 radical (unpaired) electrons. The van der Waals surface area contributed by atoms with Gasteiger partial charge in [-0.1, -0.05) is 11.6 Å². The molecule has 5 nitrogen and oxygen atoms in total. The molecule has 0 bridgehead atoms. The molecule has 0 aliphatic heterocycles. The second kappa shape index (κ2) is 6.07. The van der Waals surface area contributed by atoms with Crippen LogP contribution in [0.5, 0.6) is 0 Å². The lowest BCUT2D eigenvalue weighted by molar-refractivity contribution is -0.137. The van der Waals surface area contributed by atoms with Gasteiger partial charge in [0.2, 0.25) is 0 Å². The molecule has 0 saturated heterocycles. The van der Waals surface area contributed by atoms with Crippen LogP contribution in [0.4, 0.5) is 23.8 Å². The van der Waals surface area contributed by atoms with Gasteiger partial charge in [0.05, 0.1) is 24.3 Å². The SMILES string of the molecule is CCOC(=O)N(OC)c1ncc(C(F)(F)F)cc1Cl. The fraction of sp³-hybridized carbons (Fsp3) is 0.400. The summed E-state index contributed by atoms with van der Waals surface area (Å²) in [5.41, 5.74) is -1.03. The zero-order valence-corrected chi connectivity index (χ0v) is 10.7. The van der Waals surface area contributed by atoms with Gasteiger partial charge >= 0.3 is 12.3 Å². The number of carbonyl (C=O) groups excluding carboxylic acids is 1. The molecule has 106 valence electrons. The van der Waals surface area contributed by atoms with Gasteiger partial charge < -0.3 is 4.74 Å². The number of aromatic nitrogens is 1. The van der Waals surface area contributed by atoms with Crippen LogP contribution in [-0.2, 0) is 15.8 Å². The van der Waals surface area contributed by atoms with E-state index in [9.17, 15) is 18.0 Å². The van der Waals surface area contributed by atoms with Gasteiger partial charge in [-0.15, -0.1) is 5.06 Å². The Kier molecular flexibility index (Phi) is 4.96. The zero-order valence-electron chi connectivity index (χ0n) is 9.99. The van der Waals surface area contributed by atoms with Crippen molar-refractivity contribution in [3.8, 4) is 0 Å². The lowest BCUT2D eigenvalue weighted by Crippen LogP contribution is -2.31. The summed E-state index contributed by atoms with van der Waals surface area (Å²) in [6.07, 6.45) is -4.96. The van der Waals surface area contributed by atoms with Crippen molar-refractivity contribution in [2.45, 2.75) is 13.1 Å². The molecule has 0 fully saturated rings. The lowest BCUT2D eigenvalue weighted by atomic mass is 10.3. The van der Waals surface area contributed by atoms with Crippen molar-refractivity contribution in [2.75, 3.05) is 18.8 Å². The van der Waals surface area contributed by atoms with Gasteiger partial charge in [-0.3, -0.25) is 4.84 Å². The van der Waals surface area contributed by atoms with E-state index in [1.54, 1.807) is 6.92 Å². The van der Waals surface area contributed by atoms with E-state index in [1.165, 1.54) is 0 Å². The fourth-order valence-corrected chi connectivity index (χ4v) is 1.41. The molecule has 0 atom stereocenters. The summed E-state index contributed by atoms with van der Waals surface area (Å²) in [5.74, 6) is -0.282. The minimum atomic E-state index is -4.57. The van der Waals surface area contributed by atoms with Crippen molar-refractivity contribution >= 4 is 23.5 Å². The highest BCUT2D eigenvalue weighted by atomic mass is 35.5. The molecule has 19 heavy (non-hydrogen) atoms. The molecule has 0 unspecified atom stereocenters. The summed E-state index contributed by atoms with van der Waals surface area (Å²) in [6.45, 7) is 1.63. The molecule has 1 aromatic heterocycles. The number of carbonyl (C=O) groups is 1. The van der Waals surface area contributed by atoms with Crippen molar-refractivity contribution in [2.24, 2.45) is 0 Å². The highest BCUT2D eigenvalue weighted by Crippen LogP contribution is 2.33. The normalized spacial score (nSPS) is 11.3. The Labute approximate surface area is 111 Å². The van der Waals surface area contributed by atoms with Crippen LogP contribution >= 0.6 is 11.6 Å². The third kappa shape index (κ3) is 3.71. The van der Waals surface area contributed by atoms with E-state index in [-0.39, 0.29) is 17.4 Å². The highest BCUT2D eigenvalue weighted by molar-refractivity contribution is 6.33. The number of rotatable bonds is 3. The highest BCUT2D eigenvalue weighted by Gasteiger charge is 2.32. The molecule has 0 aliphatic carbocycles. The molecule has 1 rings (SSSR count). The topological polar surface area (TPSA) is 51.7 Å². The number of hydroxylamine groups is 1. The van der Waals surface area contributed by atoms with Crippen LogP contribution < -0.4 is 5.06 Å². The Balaban J connectivity index is 3.10. The summed E-state index contributed by atoms with van der Waals surface area (Å²) in [6, 6.07) is 0.648. The number of hydrogen-bond acceptors (Lipinski definition) is 4. The third-order valence-electron chi connectivity index (χ3n) is 1.96. The minimum Gasteiger partial charge on any atom is -0.448 e. The van der Waals surface area contributed by atoms with Crippen LogP contribution in [0, 0.1) is 0 Å². The van der Waals surface area contributed by atoms with Gasteiger partial charge in [-0.25, -0.2) is 9.78 Å². The Morgan fingerprint density at radius 2 is 2.16 bits per heavy atom. The predicted octanol–water partition coefficient (Wildman–Crippen LogP) is 3.28. The van der Waals surface area contributed by atoms with Gasteiger partial charge in [0.1, 0.15) is 0 Å². The molecule has 0 aromatic carbocycles. The Bertz CT molecular complexity index is 468. The largest absolute Gasteiger partial charge is 0.448 e. The van der Waals surface area contributed by atoms with Crippen molar-refractivity contribution in [1.29, 1.82) is 0 Å². The number of pyridine rings is 1. The number of hydrogen-bond donors (Lipinski definition) is 0. The van der Waals surface area contributed by atoms with E-state index >= 15 is 0 Å². The monoisotopic (exact) mass is 298 g/mol. The maximum absolute atomic E-state index is 12.4. The Hall–Kier alpha value is -1.54. The second-order valence-electron chi connectivity index (χ2n) is 3.20. The van der Waals surface area contributed by atoms with E-state index in [4.69, 9.17) is 11.6 Å². The summed E-state index contributed by atoms with van der Waals surface area (Å²) < 4.78 is 41.9. The van der Waals surface area contributed by atoms with Gasteiger partial charge in [0, 0.05) is 6.20 Å². The molecule has 9 heteroatoms. The number of ether oxygens (including phenoxy) is 1. The molecular formula is C10H10ClF3N2O3. The van der Waals surface area contributed by atoms with Gasteiger partial charge in [-0.05, 0) is 13.0 Å². The quantitative estimate of drug-likeness (QED) is 0.804. The van der Waals surface area contributed by atoms with Crippen LogP contribution in [0.15, 0.2) is 12.3 Å². The number of amides is 1. The van der Waals surface area contributed by atoms with Crippen LogP contribution in [0.1, 0.15) is 12.5 Å². The molecule has 0 saturated carbocycles. The standard InChI is InChI=1S/C10H10ClF3N2O3/c1-3-19-9(17)16(18-2)8-7(11)4-6(5-15-8)10(12,13)14/h4-5H,3H2,1-2H3. The maximum Gasteiger partial charge on any atom is 0.440 e. The zero-order chi connectivity index (χ0) is 14.6. The minimum absolute atomic E-state index is 0.0664. The first kappa shape index (κ1) is 15.5. The van der Waals surface area contributed by atoms with Crippen LogP contribution in [0.3, 0.4) is 0 Å². The average molecular weight is 299 g/mol. The van der Waals surface area contributed by atoms with Crippen LogP contribution in [0.2, 0.25) is 5.02 Å². The summed E-state index contributed by atoms with van der Waals surface area (Å²) in [5, 5.41) is 0.177. The predicted molar refractivity (Wildman–Crippen MR) is 60.8 cm³/mol. The first-order valence-corrected chi connectivity index (χ1v) is 5.42. The van der Waals surface area contributed by atoms with E-state index in [1.807, 2.05) is 0 Å². The number of nitrogens with zero attached hydrogens (tertiary/aromatic N) is 2. The number of anilines is 1. The van der Waals surface area contributed by atoms with Crippen molar-refractivity contribution in [3.63, 3.8) is 0 Å². The van der Waals surface area contributed by atoms with Crippen LogP contribution in [0.25, 0.3) is 0 Å². The molecule has 0 spiro atoms. The van der Waals surface area contributed by atoms with Gasteiger partial charge in [-0.2, -0.15) is 13.2 Å². The van der Waals surface area contributed by atoms with Gasteiger partial charge in [0.15, 0.2) is 5.82 Å². The molecule has 1 heterocycles. The number of alkyl halides is 3. The Morgan fingerprint density at radius 1 is 1.53 bits per heavy atom. The number of halogens is 4. The van der Waals surface area contributed by atoms with Crippen molar-refractivity contribution in [1.82, 2.24) is 4.98 Å². The van der Waals surface area contributed by atoms with E-state index in [0.717, 1.165) is 7.11 Å². The lowest BCUT2D eigenvalue weighted by Gasteiger charge is -2.19.